The van der Waals surface area contributed by atoms with Gasteiger partial charge in [0.05, 0.1) is 18.0 Å². The molecule has 1 aliphatic rings. The van der Waals surface area contributed by atoms with Crippen LogP contribution in [0.5, 0.6) is 0 Å². The van der Waals surface area contributed by atoms with Crippen molar-refractivity contribution < 1.29 is 46.2 Å². The van der Waals surface area contributed by atoms with Crippen molar-refractivity contribution in [1.82, 2.24) is 5.43 Å². The van der Waals surface area contributed by atoms with Crippen LogP contribution in [-0.2, 0) is 42.7 Å². The number of aliphatic hydroxyl groups excluding tert-OH is 1. The molecular weight excluding hydrogens is 449 g/mol. The van der Waals surface area contributed by atoms with Crippen LogP contribution >= 0.6 is 0 Å². The second-order valence-corrected chi connectivity index (χ2v) is 9.64. The van der Waals surface area contributed by atoms with Crippen molar-refractivity contribution in [2.45, 2.75) is 70.8 Å². The van der Waals surface area contributed by atoms with Gasteiger partial charge in [0.2, 0.25) is 10.0 Å². The Bertz CT molecular complexity index is 693. The van der Waals surface area contributed by atoms with Crippen LogP contribution in [0.3, 0.4) is 0 Å². The van der Waals surface area contributed by atoms with Crippen LogP contribution in [0, 0.1) is 12.3 Å². The standard InChI is InChI=1S/C21H35N2O3S.Y/c1-4-6-7-8-16-22-23(27(3,25)26)19-12-9-11-18(17-19)20(24)21(13-5-2)14-10-15-21;/h9,11-12,17,20,22,24H,1,4-8,10,13-16H2,2-3H3;/q-1;. The van der Waals surface area contributed by atoms with Gasteiger partial charge in [-0.25, -0.2) is 18.3 Å². The van der Waals surface area contributed by atoms with E-state index in [0.717, 1.165) is 63.4 Å². The molecule has 28 heavy (non-hydrogen) atoms. The Hall–Kier alpha value is -0.00610. The number of hydrogen-bond donors (Lipinski definition) is 2. The largest absolute Gasteiger partial charge is 0.388 e. The third kappa shape index (κ3) is 6.76. The maximum Gasteiger partial charge on any atom is 0.245 e. The molecule has 1 unspecified atom stereocenters. The molecule has 0 bridgehead atoms. The zero-order valence-electron chi connectivity index (χ0n) is 17.4. The Morgan fingerprint density at radius 3 is 2.54 bits per heavy atom. The van der Waals surface area contributed by atoms with Crippen molar-refractivity contribution in [3.8, 4) is 0 Å². The monoisotopic (exact) mass is 484 g/mol. The predicted molar refractivity (Wildman–Crippen MR) is 112 cm³/mol. The van der Waals surface area contributed by atoms with Crippen LogP contribution in [-0.4, -0.2) is 26.3 Å². The quantitative estimate of drug-likeness (QED) is 0.263. The summed E-state index contributed by atoms with van der Waals surface area (Å²) in [6, 6.07) is 7.31. The molecule has 0 aliphatic heterocycles. The van der Waals surface area contributed by atoms with E-state index in [4.69, 9.17) is 0 Å². The van der Waals surface area contributed by atoms with Gasteiger partial charge < -0.3 is 12.0 Å². The van der Waals surface area contributed by atoms with Crippen LogP contribution in [0.1, 0.15) is 76.4 Å². The summed E-state index contributed by atoms with van der Waals surface area (Å²) in [5, 5.41) is 11.0. The number of sulfonamides is 1. The number of unbranched alkanes of at least 4 members (excludes halogenated alkanes) is 3. The van der Waals surface area contributed by atoms with Gasteiger partial charge in [-0.3, -0.25) is 0 Å². The van der Waals surface area contributed by atoms with E-state index in [-0.39, 0.29) is 38.1 Å². The number of nitrogens with zero attached hydrogens (tertiary/aromatic N) is 1. The summed E-state index contributed by atoms with van der Waals surface area (Å²) in [7, 11) is -3.46. The first kappa shape index (κ1) is 26.0. The van der Waals surface area contributed by atoms with E-state index >= 15 is 0 Å². The van der Waals surface area contributed by atoms with Gasteiger partial charge in [-0.15, -0.1) is 0 Å². The van der Waals surface area contributed by atoms with Crippen LogP contribution in [0.15, 0.2) is 24.3 Å². The van der Waals surface area contributed by atoms with E-state index in [9.17, 15) is 13.5 Å². The molecule has 1 radical (unpaired) electrons. The molecule has 7 heteroatoms. The molecule has 1 aromatic rings. The Morgan fingerprint density at radius 2 is 2.00 bits per heavy atom. The van der Waals surface area contributed by atoms with Crippen molar-refractivity contribution >= 4 is 15.7 Å². The van der Waals surface area contributed by atoms with Gasteiger partial charge in [0.1, 0.15) is 0 Å². The van der Waals surface area contributed by atoms with Crippen LogP contribution in [0.4, 0.5) is 5.69 Å². The summed E-state index contributed by atoms with van der Waals surface area (Å²) in [5.41, 5.74) is 4.34. The second-order valence-electron chi connectivity index (χ2n) is 7.81. The number of rotatable bonds is 12. The molecule has 0 heterocycles. The van der Waals surface area contributed by atoms with Gasteiger partial charge in [-0.05, 0) is 43.4 Å². The van der Waals surface area contributed by atoms with Crippen LogP contribution in [0.25, 0.3) is 0 Å². The second kappa shape index (κ2) is 12.0. The topological polar surface area (TPSA) is 69.6 Å². The third-order valence-corrected chi connectivity index (χ3v) is 6.61. The molecule has 1 saturated carbocycles. The van der Waals surface area contributed by atoms with Crippen molar-refractivity contribution in [3.05, 3.63) is 36.8 Å². The molecule has 0 spiro atoms. The molecule has 157 valence electrons. The molecule has 1 aromatic carbocycles. The number of nitrogens with one attached hydrogen (secondary N) is 1. The number of benzene rings is 1. The molecule has 1 aliphatic carbocycles. The van der Waals surface area contributed by atoms with E-state index in [1.165, 1.54) is 10.7 Å². The Balaban J connectivity index is 0.00000392. The molecule has 1 atom stereocenters. The van der Waals surface area contributed by atoms with Crippen molar-refractivity contribution in [1.29, 1.82) is 0 Å². The van der Waals surface area contributed by atoms with Gasteiger partial charge in [0.15, 0.2) is 0 Å². The predicted octanol–water partition coefficient (Wildman–Crippen LogP) is 4.35. The summed E-state index contributed by atoms with van der Waals surface area (Å²) in [6.07, 6.45) is 9.76. The Labute approximate surface area is 196 Å². The maximum absolute atomic E-state index is 12.3. The molecule has 2 N–H and O–H groups in total. The molecule has 2 rings (SSSR count). The van der Waals surface area contributed by atoms with E-state index in [2.05, 4.69) is 19.3 Å². The minimum atomic E-state index is -3.46. The normalized spacial score (nSPS) is 16.7. The number of hydrazine groups is 1. The zero-order valence-corrected chi connectivity index (χ0v) is 21.0. The van der Waals surface area contributed by atoms with E-state index in [1.807, 2.05) is 18.2 Å². The first-order valence-corrected chi connectivity index (χ1v) is 12.0. The summed E-state index contributed by atoms with van der Waals surface area (Å²) in [4.78, 5) is 0. The summed E-state index contributed by atoms with van der Waals surface area (Å²) in [5.74, 6) is 0. The summed E-state index contributed by atoms with van der Waals surface area (Å²) in [6.45, 7) is 6.55. The van der Waals surface area contributed by atoms with Gasteiger partial charge in [0.25, 0.3) is 0 Å². The van der Waals surface area contributed by atoms with Gasteiger partial charge >= 0.3 is 0 Å². The maximum atomic E-state index is 12.3. The van der Waals surface area contributed by atoms with E-state index < -0.39 is 16.1 Å². The van der Waals surface area contributed by atoms with Gasteiger partial charge in [-0.1, -0.05) is 44.7 Å². The van der Waals surface area contributed by atoms with E-state index in [1.54, 1.807) is 6.07 Å². The van der Waals surface area contributed by atoms with Crippen molar-refractivity contribution in [3.63, 3.8) is 0 Å². The van der Waals surface area contributed by atoms with Crippen molar-refractivity contribution in [2.24, 2.45) is 5.41 Å². The van der Waals surface area contributed by atoms with Crippen LogP contribution in [0.2, 0.25) is 0 Å². The molecular formula is C21H35N2O3SY-. The summed E-state index contributed by atoms with van der Waals surface area (Å²) >= 11 is 0. The fourth-order valence-electron chi connectivity index (χ4n) is 4.02. The fourth-order valence-corrected chi connectivity index (χ4v) is 4.85. The zero-order chi connectivity index (χ0) is 19.9. The van der Waals surface area contributed by atoms with Crippen molar-refractivity contribution in [2.75, 3.05) is 17.2 Å². The third-order valence-electron chi connectivity index (χ3n) is 5.61. The van der Waals surface area contributed by atoms with Crippen LogP contribution < -0.4 is 9.84 Å². The molecule has 5 nitrogen and oxygen atoms in total. The molecule has 1 fully saturated rings. The first-order chi connectivity index (χ1) is 12.8. The average Bonchev–Trinajstić information content (AvgIpc) is 2.59. The minimum absolute atomic E-state index is 0. The van der Waals surface area contributed by atoms with E-state index in [0.29, 0.717) is 12.2 Å². The Kier molecular flexibility index (Phi) is 11.2. The smallest absolute Gasteiger partial charge is 0.245 e. The number of anilines is 1. The number of hydrogen-bond acceptors (Lipinski definition) is 4. The van der Waals surface area contributed by atoms with Gasteiger partial charge in [0, 0.05) is 44.7 Å². The first-order valence-electron chi connectivity index (χ1n) is 10.1. The minimum Gasteiger partial charge on any atom is -0.388 e. The fraction of sp³-hybridized carbons (Fsp3) is 0.667. The molecule has 0 amide bonds. The summed E-state index contributed by atoms with van der Waals surface area (Å²) < 4.78 is 25.8. The Morgan fingerprint density at radius 1 is 1.29 bits per heavy atom. The average molecular weight is 484 g/mol. The molecule has 0 saturated heterocycles. The number of aliphatic hydroxyl groups is 1. The SMILES string of the molecule is [CH2-]CCCCCNN(c1cccc(C(O)C2(CCC)CCC2)c1)S(C)(=O)=O.[Y]. The van der Waals surface area contributed by atoms with Gasteiger partial charge in [-0.2, -0.15) is 6.42 Å². The molecule has 0 aromatic heterocycles.